The molecule has 2 aliphatic heterocycles. The molecule has 188 valence electrons. The lowest BCUT2D eigenvalue weighted by atomic mass is 9.94. The molecule has 4 rings (SSSR count). The summed E-state index contributed by atoms with van der Waals surface area (Å²) in [5, 5.41) is 6.11. The number of carbonyl (C=O) groups excluding carboxylic acids is 3. The minimum absolute atomic E-state index is 0.0653. The van der Waals surface area contributed by atoms with E-state index < -0.39 is 12.2 Å². The van der Waals surface area contributed by atoms with Crippen molar-refractivity contribution in [2.45, 2.75) is 45.6 Å². The average Bonchev–Trinajstić information content (AvgIpc) is 2.88. The van der Waals surface area contributed by atoms with Crippen LogP contribution in [0.2, 0.25) is 0 Å². The molecular weight excluding hydrogens is 454 g/mol. The van der Waals surface area contributed by atoms with E-state index >= 15 is 0 Å². The van der Waals surface area contributed by atoms with Crippen LogP contribution in [0.4, 0.5) is 4.79 Å². The van der Waals surface area contributed by atoms with Crippen LogP contribution in [0.1, 0.15) is 37.9 Å². The number of hydrazine groups is 1. The fraction of sp³-hybridized carbons (Fsp3) is 0.393. The topological polar surface area (TPSA) is 76.2 Å². The summed E-state index contributed by atoms with van der Waals surface area (Å²) in [6.07, 6.45) is 4.94. The third kappa shape index (κ3) is 4.93. The van der Waals surface area contributed by atoms with Crippen LogP contribution in [0.25, 0.3) is 0 Å². The Balaban J connectivity index is 1.69. The predicted molar refractivity (Wildman–Crippen MR) is 137 cm³/mol. The van der Waals surface area contributed by atoms with Gasteiger partial charge in [-0.1, -0.05) is 80.4 Å². The number of nitrogens with one attached hydrogen (secondary N) is 1. The number of piperazine rings is 1. The van der Waals surface area contributed by atoms with Crippen molar-refractivity contribution in [3.8, 4) is 12.3 Å². The highest BCUT2D eigenvalue weighted by molar-refractivity contribution is 5.92. The number of benzene rings is 2. The normalized spacial score (nSPS) is 21.2. The van der Waals surface area contributed by atoms with Gasteiger partial charge in [0.25, 0.3) is 0 Å². The Morgan fingerprint density at radius 2 is 1.69 bits per heavy atom. The fourth-order valence-corrected chi connectivity index (χ4v) is 5.07. The van der Waals surface area contributed by atoms with E-state index in [1.165, 1.54) is 5.01 Å². The molecule has 0 bridgehead atoms. The number of fused-ring (bicyclic) bond motifs is 1. The van der Waals surface area contributed by atoms with Gasteiger partial charge in [-0.3, -0.25) is 9.59 Å². The van der Waals surface area contributed by atoms with E-state index in [4.69, 9.17) is 6.42 Å². The lowest BCUT2D eigenvalue weighted by Gasteiger charge is -2.56. The highest BCUT2D eigenvalue weighted by Gasteiger charge is 2.52. The van der Waals surface area contributed by atoms with Crippen molar-refractivity contribution in [2.75, 3.05) is 19.6 Å². The number of rotatable bonds is 6. The van der Waals surface area contributed by atoms with Crippen molar-refractivity contribution in [1.82, 2.24) is 25.1 Å². The first-order chi connectivity index (χ1) is 17.3. The second-order valence-electron chi connectivity index (χ2n) is 9.56. The summed E-state index contributed by atoms with van der Waals surface area (Å²) in [7, 11) is 0. The molecule has 4 amide bonds. The van der Waals surface area contributed by atoms with Crippen molar-refractivity contribution >= 4 is 17.8 Å². The Morgan fingerprint density at radius 3 is 2.31 bits per heavy atom. The Labute approximate surface area is 212 Å². The lowest BCUT2D eigenvalue weighted by molar-refractivity contribution is -0.193. The van der Waals surface area contributed by atoms with Gasteiger partial charge in [0.05, 0.1) is 25.7 Å². The van der Waals surface area contributed by atoms with Crippen molar-refractivity contribution in [2.24, 2.45) is 5.92 Å². The summed E-state index contributed by atoms with van der Waals surface area (Å²) in [5.74, 6) is 2.11. The second kappa shape index (κ2) is 10.8. The average molecular weight is 488 g/mol. The molecule has 0 unspecified atom stereocenters. The van der Waals surface area contributed by atoms with Crippen LogP contribution >= 0.6 is 0 Å². The smallest absolute Gasteiger partial charge is 0.333 e. The van der Waals surface area contributed by atoms with E-state index in [9.17, 15) is 14.4 Å². The molecule has 2 aromatic rings. The summed E-state index contributed by atoms with van der Waals surface area (Å²) >= 11 is 0. The maximum absolute atomic E-state index is 13.7. The van der Waals surface area contributed by atoms with Gasteiger partial charge in [-0.05, 0) is 24.0 Å². The largest absolute Gasteiger partial charge is 0.334 e. The molecule has 2 aromatic carbocycles. The van der Waals surface area contributed by atoms with Gasteiger partial charge in [0.2, 0.25) is 11.8 Å². The van der Waals surface area contributed by atoms with Crippen LogP contribution in [-0.2, 0) is 16.1 Å². The molecule has 2 fully saturated rings. The minimum Gasteiger partial charge on any atom is -0.333 e. The van der Waals surface area contributed by atoms with Crippen molar-refractivity contribution in [1.29, 1.82) is 0 Å². The molecule has 0 aliphatic carbocycles. The number of nitrogens with zero attached hydrogens (tertiary/aromatic N) is 4. The molecular formula is C28H33N5O3. The first-order valence-corrected chi connectivity index (χ1v) is 12.3. The van der Waals surface area contributed by atoms with Crippen LogP contribution in [-0.4, -0.2) is 69.5 Å². The van der Waals surface area contributed by atoms with Gasteiger partial charge < -0.3 is 15.1 Å². The number of carbonyl (C=O) groups is 3. The van der Waals surface area contributed by atoms with Gasteiger partial charge in [0.1, 0.15) is 12.2 Å². The maximum atomic E-state index is 13.7. The molecule has 0 saturated carbocycles. The first kappa shape index (κ1) is 25.3. The number of hydrogen-bond acceptors (Lipinski definition) is 4. The van der Waals surface area contributed by atoms with E-state index in [1.807, 2.05) is 81.4 Å². The van der Waals surface area contributed by atoms with E-state index in [0.717, 1.165) is 11.1 Å². The molecule has 0 aromatic heterocycles. The Hall–Kier alpha value is -3.83. The number of hydrogen-bond donors (Lipinski definition) is 1. The van der Waals surface area contributed by atoms with Crippen LogP contribution in [0.15, 0.2) is 60.7 Å². The maximum Gasteiger partial charge on any atom is 0.334 e. The standard InChI is InChI=1S/C28H33N5O3/c1-5-16-30-19-25(34)32-24(33(30)28(36)29-17-22-12-8-6-9-13-22)18-31(27(35)26(32)20(2)3)21(4)23-14-10-7-11-15-23/h1,6-15,20-21,24,26H,16-19H2,2-4H3,(H,29,36)/t21-,24+,26+/m1/s1. The van der Waals surface area contributed by atoms with Crippen molar-refractivity contribution in [3.63, 3.8) is 0 Å². The monoisotopic (exact) mass is 487 g/mol. The zero-order valence-corrected chi connectivity index (χ0v) is 21.0. The van der Waals surface area contributed by atoms with Gasteiger partial charge in [-0.25, -0.2) is 9.80 Å². The minimum atomic E-state index is -0.681. The third-order valence-corrected chi connectivity index (χ3v) is 6.86. The SMILES string of the molecule is C#CCN1CC(=O)N2[C@@H](C(C)C)C(=O)N([C@H](C)c3ccccc3)C[C@@H]2N1C(=O)NCc1ccccc1. The van der Waals surface area contributed by atoms with Gasteiger partial charge in [0.15, 0.2) is 0 Å². The van der Waals surface area contributed by atoms with Gasteiger partial charge in [0, 0.05) is 6.54 Å². The summed E-state index contributed by atoms with van der Waals surface area (Å²) in [6, 6.07) is 18.1. The summed E-state index contributed by atoms with van der Waals surface area (Å²) in [4.78, 5) is 44.1. The molecule has 8 heteroatoms. The molecule has 8 nitrogen and oxygen atoms in total. The molecule has 3 atom stereocenters. The summed E-state index contributed by atoms with van der Waals surface area (Å²) in [5.41, 5.74) is 1.95. The van der Waals surface area contributed by atoms with Crippen molar-refractivity contribution in [3.05, 3.63) is 71.8 Å². The fourth-order valence-electron chi connectivity index (χ4n) is 5.07. The lowest BCUT2D eigenvalue weighted by Crippen LogP contribution is -2.77. The van der Waals surface area contributed by atoms with Crippen LogP contribution in [0.5, 0.6) is 0 Å². The summed E-state index contributed by atoms with van der Waals surface area (Å²) in [6.45, 7) is 6.38. The van der Waals surface area contributed by atoms with Gasteiger partial charge in [-0.15, -0.1) is 6.42 Å². The number of amides is 4. The van der Waals surface area contributed by atoms with Crippen LogP contribution < -0.4 is 5.32 Å². The quantitative estimate of drug-likeness (QED) is 0.636. The molecule has 0 spiro atoms. The molecule has 2 aliphatic rings. The number of terminal acetylenes is 1. The van der Waals surface area contributed by atoms with E-state index in [0.29, 0.717) is 6.54 Å². The van der Waals surface area contributed by atoms with Crippen LogP contribution in [0.3, 0.4) is 0 Å². The Kier molecular flexibility index (Phi) is 7.61. The Bertz CT molecular complexity index is 1130. The highest BCUT2D eigenvalue weighted by Crippen LogP contribution is 2.33. The summed E-state index contributed by atoms with van der Waals surface area (Å²) < 4.78 is 0. The molecule has 2 heterocycles. The Morgan fingerprint density at radius 1 is 1.06 bits per heavy atom. The van der Waals surface area contributed by atoms with Gasteiger partial charge >= 0.3 is 6.03 Å². The number of urea groups is 1. The first-order valence-electron chi connectivity index (χ1n) is 12.3. The molecule has 1 N–H and O–H groups in total. The molecule has 36 heavy (non-hydrogen) atoms. The third-order valence-electron chi connectivity index (χ3n) is 6.86. The molecule has 0 radical (unpaired) electrons. The van der Waals surface area contributed by atoms with E-state index in [2.05, 4.69) is 11.2 Å². The molecule has 2 saturated heterocycles. The zero-order valence-electron chi connectivity index (χ0n) is 21.0. The van der Waals surface area contributed by atoms with E-state index in [-0.39, 0.29) is 49.4 Å². The van der Waals surface area contributed by atoms with E-state index in [1.54, 1.807) is 14.8 Å². The second-order valence-corrected chi connectivity index (χ2v) is 9.56. The van der Waals surface area contributed by atoms with Gasteiger partial charge in [-0.2, -0.15) is 5.01 Å². The van der Waals surface area contributed by atoms with Crippen LogP contribution in [0, 0.1) is 18.3 Å². The van der Waals surface area contributed by atoms with Crippen molar-refractivity contribution < 1.29 is 14.4 Å². The predicted octanol–water partition coefficient (Wildman–Crippen LogP) is 2.84. The zero-order chi connectivity index (χ0) is 25.8. The highest BCUT2D eigenvalue weighted by atomic mass is 16.2.